The van der Waals surface area contributed by atoms with Crippen LogP contribution in [0.15, 0.2) is 41.5 Å². The molecule has 5 nitrogen and oxygen atoms in total. The average molecular weight is 414 g/mol. The molecular formula is C18H12ClF4N3O2. The van der Waals surface area contributed by atoms with Gasteiger partial charge in [0.05, 0.1) is 16.3 Å². The molecule has 1 aliphatic rings. The Balaban J connectivity index is 2.05. The lowest BCUT2D eigenvalue weighted by Crippen LogP contribution is -2.37. The Morgan fingerprint density at radius 3 is 2.18 bits per heavy atom. The second-order valence-corrected chi connectivity index (χ2v) is 6.43. The van der Waals surface area contributed by atoms with Gasteiger partial charge in [-0.25, -0.2) is 9.37 Å². The first-order valence-corrected chi connectivity index (χ1v) is 8.25. The van der Waals surface area contributed by atoms with Crippen LogP contribution < -0.4 is 5.43 Å². The molecule has 0 bridgehead atoms. The van der Waals surface area contributed by atoms with Gasteiger partial charge in [-0.2, -0.15) is 18.2 Å². The van der Waals surface area contributed by atoms with E-state index in [0.717, 1.165) is 30.3 Å². The summed E-state index contributed by atoms with van der Waals surface area (Å²) in [6.07, 6.45) is -4.74. The highest BCUT2D eigenvalue weighted by atomic mass is 35.5. The number of rotatable bonds is 3. The van der Waals surface area contributed by atoms with Gasteiger partial charge in [0.25, 0.3) is 11.8 Å². The summed E-state index contributed by atoms with van der Waals surface area (Å²) >= 11 is 5.68. The minimum Gasteiger partial charge on any atom is -0.271 e. The number of carbonyl (C=O) groups excluding carboxylic acids is 2. The number of nitrogens with zero attached hydrogens (tertiary/aromatic N) is 2. The first-order chi connectivity index (χ1) is 13.0. The van der Waals surface area contributed by atoms with Crippen molar-refractivity contribution < 1.29 is 27.2 Å². The van der Waals surface area contributed by atoms with Crippen molar-refractivity contribution in [3.05, 3.63) is 57.9 Å². The monoisotopic (exact) mass is 413 g/mol. The molecule has 0 spiro atoms. The standard InChI is InChI=1S/C18H12ClF4N3O2/c1-8-9(2)17(28)26(16(8)27)25-14-6-4-11(18(21,22)23)15(24-14)10-3-5-13(20)12(19)7-10/h3-7H,1-2H3,(H,24,25). The summed E-state index contributed by atoms with van der Waals surface area (Å²) in [5.41, 5.74) is 1.17. The van der Waals surface area contributed by atoms with Crippen LogP contribution in [0, 0.1) is 5.82 Å². The third kappa shape index (κ3) is 3.45. The van der Waals surface area contributed by atoms with Crippen LogP contribution in [0.5, 0.6) is 0 Å². The predicted molar refractivity (Wildman–Crippen MR) is 93.5 cm³/mol. The van der Waals surface area contributed by atoms with Crippen LogP contribution in [0.4, 0.5) is 23.4 Å². The zero-order chi connectivity index (χ0) is 20.8. The van der Waals surface area contributed by atoms with E-state index in [1.54, 1.807) is 0 Å². The summed E-state index contributed by atoms with van der Waals surface area (Å²) in [5, 5.41) is 0.299. The number of pyridine rings is 1. The van der Waals surface area contributed by atoms with Gasteiger partial charge in [0.2, 0.25) is 0 Å². The summed E-state index contributed by atoms with van der Waals surface area (Å²) in [6.45, 7) is 2.92. The van der Waals surface area contributed by atoms with Crippen LogP contribution in [0.3, 0.4) is 0 Å². The van der Waals surface area contributed by atoms with E-state index >= 15 is 0 Å². The number of carbonyl (C=O) groups is 2. The van der Waals surface area contributed by atoms with Gasteiger partial charge in [0.15, 0.2) is 0 Å². The summed E-state index contributed by atoms with van der Waals surface area (Å²) in [5.74, 6) is -2.22. The molecule has 1 N–H and O–H groups in total. The Labute approximate surface area is 161 Å². The molecule has 2 amide bonds. The molecule has 3 rings (SSSR count). The molecule has 146 valence electrons. The summed E-state index contributed by atoms with van der Waals surface area (Å²) in [7, 11) is 0. The Hall–Kier alpha value is -2.94. The maximum atomic E-state index is 13.4. The number of amides is 2. The fourth-order valence-electron chi connectivity index (χ4n) is 2.58. The molecule has 10 heteroatoms. The number of aromatic nitrogens is 1. The second-order valence-electron chi connectivity index (χ2n) is 6.03. The molecule has 0 unspecified atom stereocenters. The fraction of sp³-hybridized carbons (Fsp3) is 0.167. The highest BCUT2D eigenvalue weighted by Crippen LogP contribution is 2.38. The lowest BCUT2D eigenvalue weighted by Gasteiger charge is -2.19. The van der Waals surface area contributed by atoms with Crippen LogP contribution in [-0.2, 0) is 15.8 Å². The number of benzene rings is 1. The Kier molecular flexibility index (Phi) is 4.88. The Morgan fingerprint density at radius 2 is 1.64 bits per heavy atom. The van der Waals surface area contributed by atoms with E-state index in [1.165, 1.54) is 13.8 Å². The number of hydrogen-bond donors (Lipinski definition) is 1. The molecular weight excluding hydrogens is 402 g/mol. The summed E-state index contributed by atoms with van der Waals surface area (Å²) in [4.78, 5) is 28.1. The van der Waals surface area contributed by atoms with Gasteiger partial charge in [0.1, 0.15) is 11.6 Å². The SMILES string of the molecule is CC1=C(C)C(=O)N(Nc2ccc(C(F)(F)F)c(-c3ccc(F)c(Cl)c3)n2)C1=O. The molecule has 1 aromatic carbocycles. The van der Waals surface area contributed by atoms with Crippen LogP contribution in [0.25, 0.3) is 11.3 Å². The van der Waals surface area contributed by atoms with Gasteiger partial charge in [-0.1, -0.05) is 11.6 Å². The molecule has 0 fully saturated rings. The van der Waals surface area contributed by atoms with Crippen LogP contribution in [0.2, 0.25) is 5.02 Å². The van der Waals surface area contributed by atoms with Crippen molar-refractivity contribution in [1.29, 1.82) is 0 Å². The normalized spacial score (nSPS) is 14.9. The van der Waals surface area contributed by atoms with E-state index < -0.39 is 35.1 Å². The number of imide groups is 1. The number of anilines is 1. The largest absolute Gasteiger partial charge is 0.418 e. The van der Waals surface area contributed by atoms with Crippen LogP contribution >= 0.6 is 11.6 Å². The van der Waals surface area contributed by atoms with Gasteiger partial charge >= 0.3 is 6.18 Å². The van der Waals surface area contributed by atoms with Crippen molar-refractivity contribution in [2.45, 2.75) is 20.0 Å². The fourth-order valence-corrected chi connectivity index (χ4v) is 2.76. The number of alkyl halides is 3. The van der Waals surface area contributed by atoms with Gasteiger partial charge in [-0.15, -0.1) is 0 Å². The number of hydrazine groups is 1. The highest BCUT2D eigenvalue weighted by Gasteiger charge is 2.36. The minimum atomic E-state index is -4.74. The maximum absolute atomic E-state index is 13.4. The van der Waals surface area contributed by atoms with Crippen molar-refractivity contribution in [3.63, 3.8) is 0 Å². The van der Waals surface area contributed by atoms with E-state index in [-0.39, 0.29) is 27.6 Å². The third-order valence-electron chi connectivity index (χ3n) is 4.23. The lowest BCUT2D eigenvalue weighted by molar-refractivity contribution is -0.138. The first kappa shape index (κ1) is 19.8. The quantitative estimate of drug-likeness (QED) is 0.590. The van der Waals surface area contributed by atoms with Crippen molar-refractivity contribution in [1.82, 2.24) is 9.99 Å². The van der Waals surface area contributed by atoms with Gasteiger partial charge in [0, 0.05) is 16.7 Å². The van der Waals surface area contributed by atoms with Crippen molar-refractivity contribution in [3.8, 4) is 11.3 Å². The molecule has 1 aliphatic heterocycles. The first-order valence-electron chi connectivity index (χ1n) is 7.87. The van der Waals surface area contributed by atoms with E-state index in [4.69, 9.17) is 11.6 Å². The molecule has 0 atom stereocenters. The van der Waals surface area contributed by atoms with Crippen LogP contribution in [-0.4, -0.2) is 21.8 Å². The van der Waals surface area contributed by atoms with Gasteiger partial charge < -0.3 is 0 Å². The minimum absolute atomic E-state index is 0.0769. The van der Waals surface area contributed by atoms with E-state index in [0.29, 0.717) is 5.01 Å². The van der Waals surface area contributed by atoms with Gasteiger partial charge in [-0.3, -0.25) is 15.0 Å². The molecule has 2 heterocycles. The second kappa shape index (κ2) is 6.90. The van der Waals surface area contributed by atoms with Gasteiger partial charge in [-0.05, 0) is 44.2 Å². The number of halogens is 5. The molecule has 0 saturated heterocycles. The molecule has 0 saturated carbocycles. The molecule has 1 aromatic heterocycles. The van der Waals surface area contributed by atoms with Crippen LogP contribution in [0.1, 0.15) is 19.4 Å². The molecule has 2 aromatic rings. The predicted octanol–water partition coefficient (Wildman–Crippen LogP) is 4.59. The van der Waals surface area contributed by atoms with E-state index in [2.05, 4.69) is 10.4 Å². The summed E-state index contributed by atoms with van der Waals surface area (Å²) < 4.78 is 53.5. The van der Waals surface area contributed by atoms with E-state index in [9.17, 15) is 27.2 Å². The third-order valence-corrected chi connectivity index (χ3v) is 4.52. The topological polar surface area (TPSA) is 62.3 Å². The summed E-state index contributed by atoms with van der Waals surface area (Å²) in [6, 6.07) is 4.77. The zero-order valence-electron chi connectivity index (χ0n) is 14.5. The van der Waals surface area contributed by atoms with E-state index in [1.807, 2.05) is 0 Å². The lowest BCUT2D eigenvalue weighted by atomic mass is 10.1. The Bertz CT molecular complexity index is 1010. The number of nitrogens with one attached hydrogen (secondary N) is 1. The Morgan fingerprint density at radius 1 is 1.04 bits per heavy atom. The number of hydrogen-bond acceptors (Lipinski definition) is 4. The average Bonchev–Trinajstić information content (AvgIpc) is 2.81. The van der Waals surface area contributed by atoms with Crippen molar-refractivity contribution in [2.75, 3.05) is 5.43 Å². The molecule has 0 aliphatic carbocycles. The van der Waals surface area contributed by atoms with Crippen molar-refractivity contribution >= 4 is 29.2 Å². The highest BCUT2D eigenvalue weighted by molar-refractivity contribution is 6.31. The molecule has 28 heavy (non-hydrogen) atoms. The molecule has 0 radical (unpaired) electrons. The smallest absolute Gasteiger partial charge is 0.271 e. The maximum Gasteiger partial charge on any atom is 0.418 e. The zero-order valence-corrected chi connectivity index (χ0v) is 15.2. The van der Waals surface area contributed by atoms with Crippen molar-refractivity contribution in [2.24, 2.45) is 0 Å².